The van der Waals surface area contributed by atoms with Crippen LogP contribution in [0.15, 0.2) is 36.4 Å². The average Bonchev–Trinajstić information content (AvgIpc) is 3.12. The molecule has 0 N–H and O–H groups in total. The van der Waals surface area contributed by atoms with Crippen LogP contribution in [0.5, 0.6) is 0 Å². The zero-order valence-electron chi connectivity index (χ0n) is 15.2. The van der Waals surface area contributed by atoms with Crippen molar-refractivity contribution >= 4 is 0 Å². The van der Waals surface area contributed by atoms with Crippen molar-refractivity contribution in [3.63, 3.8) is 0 Å². The average molecular weight is 346 g/mol. The summed E-state index contributed by atoms with van der Waals surface area (Å²) < 4.78 is 4.01. The molecule has 6 heteroatoms. The molecule has 26 heavy (non-hydrogen) atoms. The number of benzene rings is 1. The number of nitrogens with zero attached hydrogens (tertiary/aromatic N) is 6. The van der Waals surface area contributed by atoms with E-state index >= 15 is 0 Å². The van der Waals surface area contributed by atoms with Gasteiger partial charge in [-0.15, -0.1) is 0 Å². The van der Waals surface area contributed by atoms with Crippen LogP contribution in [0, 0.1) is 25.2 Å². The molecule has 0 saturated heterocycles. The fourth-order valence-electron chi connectivity index (χ4n) is 3.68. The smallest absolute Gasteiger partial charge is 0.162 e. The summed E-state index contributed by atoms with van der Waals surface area (Å²) in [7, 11) is 0. The van der Waals surface area contributed by atoms with Gasteiger partial charge in [0.25, 0.3) is 0 Å². The molecule has 1 aliphatic rings. The molecule has 0 atom stereocenters. The normalized spacial score (nSPS) is 14.7. The standard InChI is InChI=1S/C20H22N6/c1-15-10-16(2)26(22-15)20-7-4-3-6-17(20)13-24-8-5-9-25-19(14-24)11-18(12-21)23-25/h3-4,6-7,10-11H,5,8-9,13-14H2,1-2H3. The summed E-state index contributed by atoms with van der Waals surface area (Å²) in [4.78, 5) is 2.42. The van der Waals surface area contributed by atoms with Crippen LogP contribution in [-0.2, 0) is 19.6 Å². The largest absolute Gasteiger partial charge is 0.293 e. The lowest BCUT2D eigenvalue weighted by atomic mass is 10.1. The van der Waals surface area contributed by atoms with Crippen molar-refractivity contribution < 1.29 is 0 Å². The number of hydrogen-bond acceptors (Lipinski definition) is 4. The highest BCUT2D eigenvalue weighted by Gasteiger charge is 2.18. The Kier molecular flexibility index (Phi) is 4.31. The Morgan fingerprint density at radius 1 is 1.12 bits per heavy atom. The zero-order chi connectivity index (χ0) is 18.1. The van der Waals surface area contributed by atoms with Crippen molar-refractivity contribution in [2.75, 3.05) is 6.54 Å². The summed E-state index contributed by atoms with van der Waals surface area (Å²) in [5.41, 5.74) is 6.18. The molecular formula is C20H22N6. The topological polar surface area (TPSA) is 62.7 Å². The van der Waals surface area contributed by atoms with Crippen LogP contribution in [0.2, 0.25) is 0 Å². The Bertz CT molecular complexity index is 975. The zero-order valence-corrected chi connectivity index (χ0v) is 15.2. The van der Waals surface area contributed by atoms with E-state index in [1.165, 1.54) is 5.56 Å². The van der Waals surface area contributed by atoms with Crippen LogP contribution >= 0.6 is 0 Å². The summed E-state index contributed by atoms with van der Waals surface area (Å²) in [6.45, 7) is 7.64. The lowest BCUT2D eigenvalue weighted by Gasteiger charge is -2.21. The minimum Gasteiger partial charge on any atom is -0.293 e. The van der Waals surface area contributed by atoms with Gasteiger partial charge in [0.15, 0.2) is 5.69 Å². The fraction of sp³-hybridized carbons (Fsp3) is 0.350. The van der Waals surface area contributed by atoms with E-state index in [2.05, 4.69) is 58.4 Å². The van der Waals surface area contributed by atoms with Gasteiger partial charge in [-0.3, -0.25) is 9.58 Å². The highest BCUT2D eigenvalue weighted by Crippen LogP contribution is 2.21. The summed E-state index contributed by atoms with van der Waals surface area (Å²) in [6, 6.07) is 14.6. The quantitative estimate of drug-likeness (QED) is 0.731. The molecule has 0 unspecified atom stereocenters. The molecule has 0 amide bonds. The van der Waals surface area contributed by atoms with Crippen LogP contribution in [0.25, 0.3) is 5.69 Å². The molecule has 0 aliphatic carbocycles. The summed E-state index contributed by atoms with van der Waals surface area (Å²) >= 11 is 0. The maximum atomic E-state index is 9.10. The van der Waals surface area contributed by atoms with Gasteiger partial charge in [0.05, 0.1) is 17.1 Å². The molecule has 1 aromatic carbocycles. The summed E-state index contributed by atoms with van der Waals surface area (Å²) in [6.07, 6.45) is 1.03. The molecule has 0 spiro atoms. The predicted molar refractivity (Wildman–Crippen MR) is 98.7 cm³/mol. The van der Waals surface area contributed by atoms with E-state index in [4.69, 9.17) is 5.26 Å². The van der Waals surface area contributed by atoms with E-state index in [0.29, 0.717) is 5.69 Å². The maximum Gasteiger partial charge on any atom is 0.162 e. The van der Waals surface area contributed by atoms with Gasteiger partial charge in [-0.25, -0.2) is 4.68 Å². The Balaban J connectivity index is 1.62. The number of hydrogen-bond donors (Lipinski definition) is 0. The predicted octanol–water partition coefficient (Wildman–Crippen LogP) is 2.96. The molecule has 1 aliphatic heterocycles. The highest BCUT2D eigenvalue weighted by atomic mass is 15.3. The van der Waals surface area contributed by atoms with E-state index in [-0.39, 0.29) is 0 Å². The third-order valence-electron chi connectivity index (χ3n) is 4.83. The van der Waals surface area contributed by atoms with Gasteiger partial charge in [0.2, 0.25) is 0 Å². The number of para-hydroxylation sites is 1. The number of nitriles is 1. The van der Waals surface area contributed by atoms with Crippen LogP contribution < -0.4 is 0 Å². The first-order valence-corrected chi connectivity index (χ1v) is 8.95. The second-order valence-electron chi connectivity index (χ2n) is 6.89. The van der Waals surface area contributed by atoms with Gasteiger partial charge in [0.1, 0.15) is 6.07 Å². The molecule has 0 saturated carbocycles. The van der Waals surface area contributed by atoms with Crippen molar-refractivity contribution in [2.24, 2.45) is 0 Å². The van der Waals surface area contributed by atoms with E-state index in [1.807, 2.05) is 22.4 Å². The van der Waals surface area contributed by atoms with Crippen LogP contribution in [0.1, 0.15) is 34.8 Å². The van der Waals surface area contributed by atoms with E-state index < -0.39 is 0 Å². The second-order valence-corrected chi connectivity index (χ2v) is 6.89. The molecule has 0 fully saturated rings. The molecular weight excluding hydrogens is 324 g/mol. The minimum atomic E-state index is 0.505. The van der Waals surface area contributed by atoms with Gasteiger partial charge in [-0.2, -0.15) is 15.5 Å². The van der Waals surface area contributed by atoms with Crippen LogP contribution in [0.4, 0.5) is 0 Å². The molecule has 3 heterocycles. The molecule has 0 radical (unpaired) electrons. The SMILES string of the molecule is Cc1cc(C)n(-c2ccccc2CN2CCCn3nc(C#N)cc3C2)n1. The van der Waals surface area contributed by atoms with Gasteiger partial charge in [-0.1, -0.05) is 18.2 Å². The first-order valence-electron chi connectivity index (χ1n) is 8.95. The third kappa shape index (κ3) is 3.14. The maximum absolute atomic E-state index is 9.10. The lowest BCUT2D eigenvalue weighted by molar-refractivity contribution is 0.260. The van der Waals surface area contributed by atoms with Crippen molar-refractivity contribution in [3.05, 3.63) is 64.7 Å². The first kappa shape index (κ1) is 16.6. The molecule has 2 aromatic heterocycles. The highest BCUT2D eigenvalue weighted by molar-refractivity contribution is 5.42. The Morgan fingerprint density at radius 2 is 1.96 bits per heavy atom. The molecule has 6 nitrogen and oxygen atoms in total. The van der Waals surface area contributed by atoms with Gasteiger partial charge in [0, 0.05) is 31.9 Å². The number of aryl methyl sites for hydroxylation is 3. The van der Waals surface area contributed by atoms with Crippen molar-refractivity contribution in [1.29, 1.82) is 5.26 Å². The minimum absolute atomic E-state index is 0.505. The van der Waals surface area contributed by atoms with E-state index in [1.54, 1.807) is 0 Å². The lowest BCUT2D eigenvalue weighted by Crippen LogP contribution is -2.23. The van der Waals surface area contributed by atoms with Gasteiger partial charge < -0.3 is 0 Å². The number of aromatic nitrogens is 4. The Morgan fingerprint density at radius 3 is 2.73 bits per heavy atom. The van der Waals surface area contributed by atoms with Crippen LogP contribution in [-0.4, -0.2) is 31.0 Å². The van der Waals surface area contributed by atoms with Crippen LogP contribution in [0.3, 0.4) is 0 Å². The van der Waals surface area contributed by atoms with Gasteiger partial charge >= 0.3 is 0 Å². The van der Waals surface area contributed by atoms with Crippen molar-refractivity contribution in [3.8, 4) is 11.8 Å². The second kappa shape index (κ2) is 6.77. The Labute approximate surface area is 153 Å². The van der Waals surface area contributed by atoms with Crippen molar-refractivity contribution in [2.45, 2.75) is 39.9 Å². The Hall–Kier alpha value is -2.91. The first-order chi connectivity index (χ1) is 12.6. The number of fused-ring (bicyclic) bond motifs is 1. The number of rotatable bonds is 3. The van der Waals surface area contributed by atoms with E-state index in [0.717, 1.165) is 55.4 Å². The molecule has 0 bridgehead atoms. The van der Waals surface area contributed by atoms with E-state index in [9.17, 15) is 0 Å². The third-order valence-corrected chi connectivity index (χ3v) is 4.83. The molecule has 3 aromatic rings. The molecule has 132 valence electrons. The fourth-order valence-corrected chi connectivity index (χ4v) is 3.68. The van der Waals surface area contributed by atoms with Crippen molar-refractivity contribution in [1.82, 2.24) is 24.5 Å². The monoisotopic (exact) mass is 346 g/mol. The summed E-state index contributed by atoms with van der Waals surface area (Å²) in [5, 5.41) is 18.1. The summed E-state index contributed by atoms with van der Waals surface area (Å²) in [5.74, 6) is 0. The van der Waals surface area contributed by atoms with Gasteiger partial charge in [-0.05, 0) is 44.0 Å². The molecule has 4 rings (SSSR count).